The zero-order chi connectivity index (χ0) is 15.1. The molecular formula is C12H18ClN5O2. The molecule has 5 N–H and O–H groups in total. The van der Waals surface area contributed by atoms with Gasteiger partial charge >= 0.3 is 0 Å². The van der Waals surface area contributed by atoms with E-state index in [1.165, 1.54) is 6.07 Å². The Morgan fingerprint density at radius 3 is 2.70 bits per heavy atom. The number of halogens is 1. The van der Waals surface area contributed by atoms with Crippen LogP contribution in [-0.2, 0) is 4.79 Å². The number of anilines is 1. The topological polar surface area (TPSA) is 109 Å². The van der Waals surface area contributed by atoms with Gasteiger partial charge in [-0.15, -0.1) is 0 Å². The molecule has 0 saturated carbocycles. The van der Waals surface area contributed by atoms with Crippen molar-refractivity contribution in [3.63, 3.8) is 0 Å². The highest BCUT2D eigenvalue weighted by Gasteiger charge is 2.13. The van der Waals surface area contributed by atoms with E-state index in [2.05, 4.69) is 21.0 Å². The molecule has 0 fully saturated rings. The summed E-state index contributed by atoms with van der Waals surface area (Å²) in [6, 6.07) is 3.14. The van der Waals surface area contributed by atoms with Crippen LogP contribution in [0, 0.1) is 0 Å². The van der Waals surface area contributed by atoms with E-state index < -0.39 is 5.91 Å². The summed E-state index contributed by atoms with van der Waals surface area (Å²) in [6.07, 6.45) is 0.191. The monoisotopic (exact) mass is 299 g/mol. The maximum absolute atomic E-state index is 11.9. The minimum absolute atomic E-state index is 0.0615. The number of amides is 2. The average molecular weight is 300 g/mol. The summed E-state index contributed by atoms with van der Waals surface area (Å²) in [7, 11) is 0. The van der Waals surface area contributed by atoms with E-state index >= 15 is 0 Å². The lowest BCUT2D eigenvalue weighted by molar-refractivity contribution is -0.121. The number of carbonyl (C=O) groups excluding carboxylic acids is 2. The number of pyridine rings is 1. The number of rotatable bonds is 6. The number of aromatic nitrogens is 1. The predicted molar refractivity (Wildman–Crippen MR) is 77.3 cm³/mol. The Balaban J connectivity index is 2.53. The summed E-state index contributed by atoms with van der Waals surface area (Å²) < 4.78 is 0. The van der Waals surface area contributed by atoms with Gasteiger partial charge in [0.15, 0.2) is 0 Å². The fourth-order valence-corrected chi connectivity index (χ4v) is 1.64. The summed E-state index contributed by atoms with van der Waals surface area (Å²) in [5, 5.41) is 5.52. The Bertz CT molecular complexity index is 493. The zero-order valence-corrected chi connectivity index (χ0v) is 12.1. The van der Waals surface area contributed by atoms with Crippen LogP contribution < -0.4 is 21.9 Å². The normalized spacial score (nSPS) is 10.2. The molecule has 0 aliphatic carbocycles. The summed E-state index contributed by atoms with van der Waals surface area (Å²) in [4.78, 5) is 27.2. The number of nitrogen functional groups attached to an aromatic ring is 1. The molecule has 20 heavy (non-hydrogen) atoms. The van der Waals surface area contributed by atoms with Crippen LogP contribution >= 0.6 is 11.6 Å². The Morgan fingerprint density at radius 1 is 1.40 bits per heavy atom. The van der Waals surface area contributed by atoms with Gasteiger partial charge in [0.25, 0.3) is 5.91 Å². The SMILES string of the molecule is CC(C)NC(=O)CCNC(=O)c1nc(NN)ccc1Cl. The van der Waals surface area contributed by atoms with Crippen LogP contribution in [0.1, 0.15) is 30.8 Å². The molecule has 0 bridgehead atoms. The molecule has 0 saturated heterocycles. The van der Waals surface area contributed by atoms with Gasteiger partial charge in [-0.3, -0.25) is 9.59 Å². The molecule has 110 valence electrons. The van der Waals surface area contributed by atoms with Gasteiger partial charge in [-0.05, 0) is 26.0 Å². The molecule has 8 heteroatoms. The first kappa shape index (κ1) is 16.2. The van der Waals surface area contributed by atoms with Gasteiger partial charge in [0.2, 0.25) is 5.91 Å². The number of nitrogens with zero attached hydrogens (tertiary/aromatic N) is 1. The minimum atomic E-state index is -0.454. The highest BCUT2D eigenvalue weighted by molar-refractivity contribution is 6.33. The van der Waals surface area contributed by atoms with Gasteiger partial charge in [0, 0.05) is 19.0 Å². The van der Waals surface area contributed by atoms with E-state index in [1.54, 1.807) is 6.07 Å². The van der Waals surface area contributed by atoms with Crippen molar-refractivity contribution < 1.29 is 9.59 Å². The summed E-state index contributed by atoms with van der Waals surface area (Å²) >= 11 is 5.89. The number of hydrazine groups is 1. The Morgan fingerprint density at radius 2 is 2.10 bits per heavy atom. The smallest absolute Gasteiger partial charge is 0.271 e. The molecule has 1 aromatic rings. The molecule has 0 spiro atoms. The summed E-state index contributed by atoms with van der Waals surface area (Å²) in [6.45, 7) is 3.94. The van der Waals surface area contributed by atoms with Gasteiger partial charge in [0.1, 0.15) is 11.5 Å². The first-order valence-corrected chi connectivity index (χ1v) is 6.52. The molecule has 1 rings (SSSR count). The van der Waals surface area contributed by atoms with Gasteiger partial charge in [-0.25, -0.2) is 10.8 Å². The first-order valence-electron chi connectivity index (χ1n) is 6.14. The van der Waals surface area contributed by atoms with Crippen molar-refractivity contribution in [1.82, 2.24) is 15.6 Å². The lowest BCUT2D eigenvalue weighted by Crippen LogP contribution is -2.34. The third-order valence-electron chi connectivity index (χ3n) is 2.30. The van der Waals surface area contributed by atoms with E-state index in [1.807, 2.05) is 13.8 Å². The molecule has 0 unspecified atom stereocenters. The van der Waals surface area contributed by atoms with Crippen molar-refractivity contribution in [2.75, 3.05) is 12.0 Å². The van der Waals surface area contributed by atoms with E-state index in [9.17, 15) is 9.59 Å². The van der Waals surface area contributed by atoms with Gasteiger partial charge in [-0.1, -0.05) is 11.6 Å². The number of nitrogens with two attached hydrogens (primary N) is 1. The number of nitrogens with one attached hydrogen (secondary N) is 3. The van der Waals surface area contributed by atoms with Crippen molar-refractivity contribution in [1.29, 1.82) is 0 Å². The Hall–Kier alpha value is -1.86. The first-order chi connectivity index (χ1) is 9.43. The van der Waals surface area contributed by atoms with Gasteiger partial charge < -0.3 is 16.1 Å². The quantitative estimate of drug-likeness (QED) is 0.456. The van der Waals surface area contributed by atoms with Crippen LogP contribution in [0.3, 0.4) is 0 Å². The fraction of sp³-hybridized carbons (Fsp3) is 0.417. The maximum atomic E-state index is 11.9. The molecule has 0 radical (unpaired) electrons. The van der Waals surface area contributed by atoms with Crippen LogP contribution in [0.5, 0.6) is 0 Å². The molecule has 2 amide bonds. The molecule has 1 heterocycles. The molecule has 7 nitrogen and oxygen atoms in total. The molecule has 0 aliphatic heterocycles. The van der Waals surface area contributed by atoms with E-state index in [-0.39, 0.29) is 35.6 Å². The molecule has 0 atom stereocenters. The third-order valence-corrected chi connectivity index (χ3v) is 2.60. The van der Waals surface area contributed by atoms with Crippen LogP contribution in [0.25, 0.3) is 0 Å². The molecule has 0 aromatic carbocycles. The van der Waals surface area contributed by atoms with Gasteiger partial charge in [-0.2, -0.15) is 0 Å². The lowest BCUT2D eigenvalue weighted by atomic mass is 10.3. The van der Waals surface area contributed by atoms with E-state index in [0.717, 1.165) is 0 Å². The zero-order valence-electron chi connectivity index (χ0n) is 11.4. The van der Waals surface area contributed by atoms with Gasteiger partial charge in [0.05, 0.1) is 5.02 Å². The summed E-state index contributed by atoms with van der Waals surface area (Å²) in [5.74, 6) is 4.96. The largest absolute Gasteiger partial charge is 0.354 e. The second-order valence-electron chi connectivity index (χ2n) is 4.40. The molecule has 1 aromatic heterocycles. The highest BCUT2D eigenvalue weighted by Crippen LogP contribution is 2.15. The fourth-order valence-electron chi connectivity index (χ4n) is 1.45. The summed E-state index contributed by atoms with van der Waals surface area (Å²) in [5.41, 5.74) is 2.39. The number of hydrogen-bond acceptors (Lipinski definition) is 5. The molecular weight excluding hydrogens is 282 g/mol. The predicted octanol–water partition coefficient (Wildman–Crippen LogP) is 0.665. The van der Waals surface area contributed by atoms with Crippen molar-refractivity contribution in [3.8, 4) is 0 Å². The maximum Gasteiger partial charge on any atom is 0.271 e. The van der Waals surface area contributed by atoms with Crippen molar-refractivity contribution >= 4 is 29.2 Å². The van der Waals surface area contributed by atoms with Crippen LogP contribution in [-0.4, -0.2) is 29.4 Å². The Labute approximate surface area is 122 Å². The van der Waals surface area contributed by atoms with Crippen LogP contribution in [0.2, 0.25) is 5.02 Å². The second kappa shape index (κ2) is 7.66. The lowest BCUT2D eigenvalue weighted by Gasteiger charge is -2.09. The minimum Gasteiger partial charge on any atom is -0.354 e. The van der Waals surface area contributed by atoms with Crippen LogP contribution in [0.15, 0.2) is 12.1 Å². The molecule has 0 aliphatic rings. The second-order valence-corrected chi connectivity index (χ2v) is 4.81. The standard InChI is InChI=1S/C12H18ClN5O2/c1-7(2)16-10(19)5-6-15-12(20)11-8(13)3-4-9(17-11)18-14/h3-4,7H,5-6,14H2,1-2H3,(H,15,20)(H,16,19)(H,17,18). The third kappa shape index (κ3) is 5.02. The van der Waals surface area contributed by atoms with Crippen molar-refractivity contribution in [3.05, 3.63) is 22.8 Å². The highest BCUT2D eigenvalue weighted by atomic mass is 35.5. The van der Waals surface area contributed by atoms with E-state index in [0.29, 0.717) is 5.82 Å². The number of carbonyl (C=O) groups is 2. The van der Waals surface area contributed by atoms with Crippen molar-refractivity contribution in [2.45, 2.75) is 26.3 Å². The van der Waals surface area contributed by atoms with Crippen LogP contribution in [0.4, 0.5) is 5.82 Å². The van der Waals surface area contributed by atoms with Crippen molar-refractivity contribution in [2.24, 2.45) is 5.84 Å². The van der Waals surface area contributed by atoms with E-state index in [4.69, 9.17) is 17.4 Å². The average Bonchev–Trinajstić information content (AvgIpc) is 2.38. The Kier molecular flexibility index (Phi) is 6.20. The number of hydrogen-bond donors (Lipinski definition) is 4.